The lowest BCUT2D eigenvalue weighted by molar-refractivity contribution is -0.128. The summed E-state index contributed by atoms with van der Waals surface area (Å²) in [5.74, 6) is 0.298. The number of nitrogens with one attached hydrogen (secondary N) is 2. The van der Waals surface area contributed by atoms with Crippen molar-refractivity contribution in [3.63, 3.8) is 0 Å². The van der Waals surface area contributed by atoms with Crippen molar-refractivity contribution < 1.29 is 19.1 Å². The van der Waals surface area contributed by atoms with E-state index in [1.54, 1.807) is 43.3 Å². The molecule has 6 nitrogen and oxygen atoms in total. The van der Waals surface area contributed by atoms with E-state index in [1.165, 1.54) is 6.26 Å². The zero-order chi connectivity index (χ0) is 16.7. The summed E-state index contributed by atoms with van der Waals surface area (Å²) in [5.41, 5.74) is 0.706. The quantitative estimate of drug-likeness (QED) is 0.725. The summed E-state index contributed by atoms with van der Waals surface area (Å²) in [5, 5.41) is 15.0. The number of carbonyl (C=O) groups excluding carboxylic acids is 2. The van der Waals surface area contributed by atoms with Crippen molar-refractivity contribution in [1.29, 1.82) is 0 Å². The first kappa shape index (κ1) is 16.6. The number of amides is 2. The van der Waals surface area contributed by atoms with Gasteiger partial charge in [-0.15, -0.1) is 0 Å². The van der Waals surface area contributed by atoms with Crippen LogP contribution in [0, 0.1) is 0 Å². The average Bonchev–Trinajstić information content (AvgIpc) is 3.05. The zero-order valence-corrected chi connectivity index (χ0v) is 12.9. The maximum absolute atomic E-state index is 11.9. The van der Waals surface area contributed by atoms with E-state index in [0.717, 1.165) is 0 Å². The average molecular weight is 316 g/mol. The number of phenols is 1. The molecular formula is C17H20N2O4. The maximum atomic E-state index is 11.9. The minimum absolute atomic E-state index is 0.171. The van der Waals surface area contributed by atoms with Crippen LogP contribution in [-0.4, -0.2) is 23.0 Å². The van der Waals surface area contributed by atoms with Gasteiger partial charge in [0.25, 0.3) is 0 Å². The Morgan fingerprint density at radius 3 is 2.70 bits per heavy atom. The Bertz CT molecular complexity index is 652. The van der Waals surface area contributed by atoms with Gasteiger partial charge in [0.2, 0.25) is 11.8 Å². The lowest BCUT2D eigenvalue weighted by atomic mass is 10.1. The predicted molar refractivity (Wildman–Crippen MR) is 84.6 cm³/mol. The van der Waals surface area contributed by atoms with Gasteiger partial charge in [-0.3, -0.25) is 9.59 Å². The molecule has 6 heteroatoms. The number of hydrogen-bond acceptors (Lipinski definition) is 4. The highest BCUT2D eigenvalue weighted by atomic mass is 16.3. The van der Waals surface area contributed by atoms with Crippen molar-refractivity contribution in [1.82, 2.24) is 10.6 Å². The number of phenolic OH excluding ortho intramolecular Hbond substituents is 1. The molecule has 0 aliphatic heterocycles. The molecule has 2 aromatic rings. The highest BCUT2D eigenvalue weighted by Gasteiger charge is 2.15. The first-order valence-electron chi connectivity index (χ1n) is 7.42. The number of aryl methyl sites for hydroxylation is 1. The van der Waals surface area contributed by atoms with Gasteiger partial charge in [-0.2, -0.15) is 0 Å². The van der Waals surface area contributed by atoms with Crippen molar-refractivity contribution in [2.75, 3.05) is 0 Å². The Kier molecular flexibility index (Phi) is 5.80. The van der Waals surface area contributed by atoms with E-state index in [2.05, 4.69) is 10.6 Å². The van der Waals surface area contributed by atoms with Crippen molar-refractivity contribution in [2.24, 2.45) is 0 Å². The van der Waals surface area contributed by atoms with Gasteiger partial charge in [-0.05, 0) is 37.1 Å². The first-order chi connectivity index (χ1) is 11.1. The molecule has 0 aliphatic carbocycles. The fourth-order valence-corrected chi connectivity index (χ4v) is 2.09. The van der Waals surface area contributed by atoms with E-state index >= 15 is 0 Å². The lowest BCUT2D eigenvalue weighted by Gasteiger charge is -2.13. The number of hydrogen-bond donors (Lipinski definition) is 3. The number of rotatable bonds is 7. The van der Waals surface area contributed by atoms with Crippen LogP contribution in [0.1, 0.15) is 24.7 Å². The summed E-state index contributed by atoms with van der Waals surface area (Å²) in [6.45, 7) is 1.90. The molecule has 0 spiro atoms. The second kappa shape index (κ2) is 8.03. The van der Waals surface area contributed by atoms with Gasteiger partial charge in [0.05, 0.1) is 12.8 Å². The number of aromatic hydroxyl groups is 1. The Hall–Kier alpha value is -2.76. The van der Waals surface area contributed by atoms with E-state index in [0.29, 0.717) is 17.7 Å². The number of benzene rings is 1. The summed E-state index contributed by atoms with van der Waals surface area (Å²) in [4.78, 5) is 23.8. The normalized spacial score (nSPS) is 11.7. The van der Waals surface area contributed by atoms with Gasteiger partial charge in [0.15, 0.2) is 0 Å². The number of carbonyl (C=O) groups is 2. The third-order valence-corrected chi connectivity index (χ3v) is 3.40. The monoisotopic (exact) mass is 316 g/mol. The highest BCUT2D eigenvalue weighted by Crippen LogP contribution is 2.17. The van der Waals surface area contributed by atoms with E-state index < -0.39 is 6.04 Å². The fourth-order valence-electron chi connectivity index (χ4n) is 2.09. The molecule has 1 aromatic heterocycles. The Morgan fingerprint density at radius 2 is 2.00 bits per heavy atom. The van der Waals surface area contributed by atoms with Crippen molar-refractivity contribution in [2.45, 2.75) is 32.4 Å². The van der Waals surface area contributed by atoms with Crippen LogP contribution in [0.2, 0.25) is 0 Å². The summed E-state index contributed by atoms with van der Waals surface area (Å²) in [6, 6.07) is 9.74. The Balaban J connectivity index is 1.73. The van der Waals surface area contributed by atoms with Gasteiger partial charge < -0.3 is 20.2 Å². The lowest BCUT2D eigenvalue weighted by Crippen LogP contribution is -2.44. The number of para-hydroxylation sites is 1. The molecule has 1 aromatic carbocycles. The van der Waals surface area contributed by atoms with Gasteiger partial charge >= 0.3 is 0 Å². The Morgan fingerprint density at radius 1 is 1.22 bits per heavy atom. The Labute approximate surface area is 134 Å². The van der Waals surface area contributed by atoms with Crippen LogP contribution in [0.15, 0.2) is 47.1 Å². The largest absolute Gasteiger partial charge is 0.508 e. The zero-order valence-electron chi connectivity index (χ0n) is 12.9. The van der Waals surface area contributed by atoms with Crippen LogP contribution in [0.5, 0.6) is 5.75 Å². The van der Waals surface area contributed by atoms with E-state index in [1.807, 2.05) is 0 Å². The van der Waals surface area contributed by atoms with Crippen LogP contribution in [0.4, 0.5) is 0 Å². The predicted octanol–water partition coefficient (Wildman–Crippen LogP) is 1.74. The molecule has 0 fully saturated rings. The van der Waals surface area contributed by atoms with E-state index in [-0.39, 0.29) is 30.5 Å². The summed E-state index contributed by atoms with van der Waals surface area (Å²) >= 11 is 0. The second-order valence-electron chi connectivity index (χ2n) is 5.22. The maximum Gasteiger partial charge on any atom is 0.242 e. The minimum atomic E-state index is -0.637. The molecular weight excluding hydrogens is 296 g/mol. The standard InChI is InChI=1S/C17H20N2O4/c1-12(17(22)18-11-14-6-4-10-23-14)19-16(21)9-8-13-5-2-3-7-15(13)20/h2-7,10,12,20H,8-9,11H2,1H3,(H,18,22)(H,19,21)/t12-/m0/s1. The molecule has 0 bridgehead atoms. The molecule has 0 aliphatic rings. The second-order valence-corrected chi connectivity index (χ2v) is 5.22. The minimum Gasteiger partial charge on any atom is -0.508 e. The molecule has 1 atom stereocenters. The molecule has 2 amide bonds. The number of furan rings is 1. The van der Waals surface area contributed by atoms with Crippen molar-refractivity contribution in [3.8, 4) is 5.75 Å². The smallest absolute Gasteiger partial charge is 0.242 e. The van der Waals surface area contributed by atoms with Gasteiger partial charge in [-0.25, -0.2) is 0 Å². The van der Waals surface area contributed by atoms with Crippen LogP contribution >= 0.6 is 0 Å². The third kappa shape index (κ3) is 5.18. The molecule has 1 heterocycles. The molecule has 2 rings (SSSR count). The summed E-state index contributed by atoms with van der Waals surface area (Å²) in [6.07, 6.45) is 2.15. The summed E-state index contributed by atoms with van der Waals surface area (Å²) < 4.78 is 5.12. The van der Waals surface area contributed by atoms with Crippen LogP contribution in [0.25, 0.3) is 0 Å². The molecule has 122 valence electrons. The molecule has 0 saturated heterocycles. The molecule has 0 radical (unpaired) electrons. The molecule has 3 N–H and O–H groups in total. The highest BCUT2D eigenvalue weighted by molar-refractivity contribution is 5.87. The topological polar surface area (TPSA) is 91.6 Å². The molecule has 23 heavy (non-hydrogen) atoms. The van der Waals surface area contributed by atoms with Crippen LogP contribution < -0.4 is 10.6 Å². The van der Waals surface area contributed by atoms with Crippen molar-refractivity contribution >= 4 is 11.8 Å². The van der Waals surface area contributed by atoms with E-state index in [4.69, 9.17) is 4.42 Å². The van der Waals surface area contributed by atoms with Gasteiger partial charge in [0, 0.05) is 6.42 Å². The van der Waals surface area contributed by atoms with Crippen LogP contribution in [-0.2, 0) is 22.6 Å². The fraction of sp³-hybridized carbons (Fsp3) is 0.294. The first-order valence-corrected chi connectivity index (χ1v) is 7.42. The summed E-state index contributed by atoms with van der Waals surface area (Å²) in [7, 11) is 0. The third-order valence-electron chi connectivity index (χ3n) is 3.40. The SMILES string of the molecule is C[C@H](NC(=O)CCc1ccccc1O)C(=O)NCc1ccco1. The molecule has 0 saturated carbocycles. The van der Waals surface area contributed by atoms with Crippen molar-refractivity contribution in [3.05, 3.63) is 54.0 Å². The van der Waals surface area contributed by atoms with E-state index in [9.17, 15) is 14.7 Å². The van der Waals surface area contributed by atoms with Gasteiger partial charge in [-0.1, -0.05) is 18.2 Å². The van der Waals surface area contributed by atoms with Gasteiger partial charge in [0.1, 0.15) is 17.6 Å². The molecule has 0 unspecified atom stereocenters. The van der Waals surface area contributed by atoms with Crippen LogP contribution in [0.3, 0.4) is 0 Å².